The van der Waals surface area contributed by atoms with Gasteiger partial charge < -0.3 is 15.8 Å². The number of methoxy groups -OCH3 is 1. The maximum Gasteiger partial charge on any atom is 0.233 e. The van der Waals surface area contributed by atoms with E-state index in [1.165, 1.54) is 0 Å². The third-order valence-electron chi connectivity index (χ3n) is 2.16. The van der Waals surface area contributed by atoms with Crippen molar-refractivity contribution in [1.29, 1.82) is 0 Å². The molecule has 0 aliphatic heterocycles. The molecule has 0 saturated carbocycles. The molecule has 0 fully saturated rings. The molecule has 1 aromatic carbocycles. The fourth-order valence-electron chi connectivity index (χ4n) is 1.27. The molecular formula is C11H16Cl2N2O2. The first-order chi connectivity index (χ1) is 7.67. The van der Waals surface area contributed by atoms with Crippen LogP contribution in [0.3, 0.4) is 0 Å². The monoisotopic (exact) mass is 278 g/mol. The number of rotatable bonds is 5. The molecule has 3 N–H and O–H groups in total. The Morgan fingerprint density at radius 2 is 2.24 bits per heavy atom. The number of amides is 1. The maximum absolute atomic E-state index is 10.9. The van der Waals surface area contributed by atoms with E-state index in [4.69, 9.17) is 22.1 Å². The molecule has 0 spiro atoms. The molecule has 1 amide bonds. The zero-order chi connectivity index (χ0) is 12.0. The van der Waals surface area contributed by atoms with Crippen LogP contribution in [0, 0.1) is 0 Å². The lowest BCUT2D eigenvalue weighted by atomic mass is 10.1. The van der Waals surface area contributed by atoms with Crippen LogP contribution in [0.15, 0.2) is 18.2 Å². The lowest BCUT2D eigenvalue weighted by molar-refractivity contribution is -0.119. The number of benzene rings is 1. The zero-order valence-corrected chi connectivity index (χ0v) is 11.1. The minimum Gasteiger partial charge on any atom is -0.497 e. The molecule has 0 aromatic heterocycles. The van der Waals surface area contributed by atoms with Crippen LogP contribution in [0.4, 0.5) is 0 Å². The quantitative estimate of drug-likeness (QED) is 0.856. The number of nitrogens with two attached hydrogens (primary N) is 1. The lowest BCUT2D eigenvalue weighted by Gasteiger charge is -2.07. The summed E-state index contributed by atoms with van der Waals surface area (Å²) in [7, 11) is 1.59. The molecule has 0 aliphatic rings. The van der Waals surface area contributed by atoms with Crippen LogP contribution in [0.5, 0.6) is 5.75 Å². The molecule has 0 heterocycles. The molecular weight excluding hydrogens is 263 g/mol. The average molecular weight is 279 g/mol. The fourth-order valence-corrected chi connectivity index (χ4v) is 1.53. The van der Waals surface area contributed by atoms with Crippen LogP contribution < -0.4 is 15.8 Å². The summed E-state index contributed by atoms with van der Waals surface area (Å²) in [6.45, 7) is 0.540. The predicted molar refractivity (Wildman–Crippen MR) is 71.0 cm³/mol. The summed E-state index contributed by atoms with van der Waals surface area (Å²) in [6.07, 6.45) is 0.675. The van der Waals surface area contributed by atoms with Gasteiger partial charge in [0.25, 0.3) is 0 Å². The molecule has 0 unspecified atom stereocenters. The Morgan fingerprint density at radius 1 is 1.53 bits per heavy atom. The third kappa shape index (κ3) is 5.26. The summed E-state index contributed by atoms with van der Waals surface area (Å²) in [5.41, 5.74) is 6.14. The van der Waals surface area contributed by atoms with E-state index in [-0.39, 0.29) is 24.9 Å². The van der Waals surface area contributed by atoms with Gasteiger partial charge in [-0.15, -0.1) is 12.4 Å². The Labute approximate surface area is 112 Å². The Balaban J connectivity index is 0.00000256. The Kier molecular flexibility index (Phi) is 7.70. The Hall–Kier alpha value is -0.970. The Bertz CT molecular complexity index is 372. The standard InChI is InChI=1S/C11H15ClN2O2.ClH/c1-16-9-3-2-8(10(12)6-9)4-5-14-11(15)7-13;/h2-3,6H,4-5,7,13H2,1H3,(H,14,15);1H. The molecule has 0 saturated heterocycles. The van der Waals surface area contributed by atoms with Crippen LogP contribution >= 0.6 is 24.0 Å². The van der Waals surface area contributed by atoms with Crippen molar-refractivity contribution in [2.75, 3.05) is 20.2 Å². The van der Waals surface area contributed by atoms with Crippen molar-refractivity contribution in [2.24, 2.45) is 5.73 Å². The molecule has 0 bridgehead atoms. The van der Waals surface area contributed by atoms with Crippen molar-refractivity contribution in [1.82, 2.24) is 5.32 Å². The van der Waals surface area contributed by atoms with Crippen molar-refractivity contribution in [2.45, 2.75) is 6.42 Å². The molecule has 0 radical (unpaired) electrons. The van der Waals surface area contributed by atoms with Crippen molar-refractivity contribution in [3.8, 4) is 5.75 Å². The minimum atomic E-state index is -0.162. The lowest BCUT2D eigenvalue weighted by Crippen LogP contribution is -2.31. The summed E-state index contributed by atoms with van der Waals surface area (Å²) in [4.78, 5) is 10.9. The first-order valence-electron chi connectivity index (χ1n) is 4.96. The van der Waals surface area contributed by atoms with E-state index in [1.807, 2.05) is 12.1 Å². The van der Waals surface area contributed by atoms with Gasteiger partial charge in [-0.1, -0.05) is 17.7 Å². The van der Waals surface area contributed by atoms with E-state index >= 15 is 0 Å². The molecule has 0 aliphatic carbocycles. The van der Waals surface area contributed by atoms with E-state index in [1.54, 1.807) is 13.2 Å². The number of nitrogens with one attached hydrogen (secondary N) is 1. The van der Waals surface area contributed by atoms with Crippen molar-refractivity contribution < 1.29 is 9.53 Å². The van der Waals surface area contributed by atoms with E-state index in [9.17, 15) is 4.79 Å². The average Bonchev–Trinajstić information content (AvgIpc) is 2.30. The fraction of sp³-hybridized carbons (Fsp3) is 0.364. The van der Waals surface area contributed by atoms with Crippen LogP contribution in [-0.4, -0.2) is 26.1 Å². The number of hydrogen-bond donors (Lipinski definition) is 2. The highest BCUT2D eigenvalue weighted by atomic mass is 35.5. The zero-order valence-electron chi connectivity index (χ0n) is 9.53. The van der Waals surface area contributed by atoms with Gasteiger partial charge in [-0.25, -0.2) is 0 Å². The highest BCUT2D eigenvalue weighted by Crippen LogP contribution is 2.22. The molecule has 96 valence electrons. The van der Waals surface area contributed by atoms with Gasteiger partial charge in [0.15, 0.2) is 0 Å². The highest BCUT2D eigenvalue weighted by Gasteiger charge is 2.03. The second-order valence-electron chi connectivity index (χ2n) is 3.26. The van der Waals surface area contributed by atoms with Gasteiger partial charge in [0.2, 0.25) is 5.91 Å². The first-order valence-corrected chi connectivity index (χ1v) is 5.34. The van der Waals surface area contributed by atoms with Gasteiger partial charge in [0.1, 0.15) is 5.75 Å². The van der Waals surface area contributed by atoms with Gasteiger partial charge in [-0.3, -0.25) is 4.79 Å². The first kappa shape index (κ1) is 16.0. The van der Waals surface area contributed by atoms with Crippen LogP contribution in [0.2, 0.25) is 5.02 Å². The summed E-state index contributed by atoms with van der Waals surface area (Å²) >= 11 is 6.04. The highest BCUT2D eigenvalue weighted by molar-refractivity contribution is 6.31. The summed E-state index contributed by atoms with van der Waals surface area (Å²) < 4.78 is 5.04. The predicted octanol–water partition coefficient (Wildman–Crippen LogP) is 1.39. The maximum atomic E-state index is 10.9. The SMILES string of the molecule is COc1ccc(CCNC(=O)CN)c(Cl)c1.Cl. The molecule has 17 heavy (non-hydrogen) atoms. The van der Waals surface area contributed by atoms with Crippen molar-refractivity contribution >= 4 is 29.9 Å². The van der Waals surface area contributed by atoms with E-state index in [2.05, 4.69) is 5.32 Å². The van der Waals surface area contributed by atoms with E-state index in [0.29, 0.717) is 18.0 Å². The van der Waals surface area contributed by atoms with Gasteiger partial charge in [-0.05, 0) is 24.1 Å². The van der Waals surface area contributed by atoms with Gasteiger partial charge >= 0.3 is 0 Å². The number of ether oxygens (including phenoxy) is 1. The van der Waals surface area contributed by atoms with Crippen LogP contribution in [0.1, 0.15) is 5.56 Å². The summed E-state index contributed by atoms with van der Waals surface area (Å²) in [5.74, 6) is 0.560. The van der Waals surface area contributed by atoms with Gasteiger partial charge in [0.05, 0.1) is 13.7 Å². The van der Waals surface area contributed by atoms with Crippen LogP contribution in [-0.2, 0) is 11.2 Å². The van der Waals surface area contributed by atoms with Crippen LogP contribution in [0.25, 0.3) is 0 Å². The number of halogens is 2. The van der Waals surface area contributed by atoms with Crippen molar-refractivity contribution in [3.05, 3.63) is 28.8 Å². The third-order valence-corrected chi connectivity index (χ3v) is 2.51. The number of hydrogen-bond acceptors (Lipinski definition) is 3. The summed E-state index contributed by atoms with van der Waals surface area (Å²) in [6, 6.07) is 5.48. The number of carbonyl (C=O) groups excluding carboxylic acids is 1. The second-order valence-corrected chi connectivity index (χ2v) is 3.67. The van der Waals surface area contributed by atoms with Crippen molar-refractivity contribution in [3.63, 3.8) is 0 Å². The normalized spacial score (nSPS) is 9.35. The van der Waals surface area contributed by atoms with Gasteiger partial charge in [-0.2, -0.15) is 0 Å². The van der Waals surface area contributed by atoms with E-state index in [0.717, 1.165) is 11.3 Å². The molecule has 0 atom stereocenters. The topological polar surface area (TPSA) is 64.3 Å². The molecule has 4 nitrogen and oxygen atoms in total. The Morgan fingerprint density at radius 3 is 2.76 bits per heavy atom. The second kappa shape index (κ2) is 8.17. The molecule has 1 aromatic rings. The molecule has 6 heteroatoms. The molecule has 1 rings (SSSR count). The summed E-state index contributed by atoms with van der Waals surface area (Å²) in [5, 5.41) is 3.32. The smallest absolute Gasteiger partial charge is 0.233 e. The van der Waals surface area contributed by atoms with Gasteiger partial charge in [0, 0.05) is 11.6 Å². The van der Waals surface area contributed by atoms with E-state index < -0.39 is 0 Å². The minimum absolute atomic E-state index is 0. The number of carbonyl (C=O) groups is 1. The largest absolute Gasteiger partial charge is 0.497 e.